The third-order valence-corrected chi connectivity index (χ3v) is 7.22. The van der Waals surface area contributed by atoms with Gasteiger partial charge < -0.3 is 25.8 Å². The van der Waals surface area contributed by atoms with Crippen molar-refractivity contribution in [2.45, 2.75) is 25.9 Å². The molecule has 2 aromatic rings. The molecule has 4 atom stereocenters. The van der Waals surface area contributed by atoms with Gasteiger partial charge in [0.1, 0.15) is 10.8 Å². The van der Waals surface area contributed by atoms with E-state index in [1.165, 1.54) is 6.20 Å². The zero-order valence-electron chi connectivity index (χ0n) is 19.4. The quantitative estimate of drug-likeness (QED) is 0.425. The third-order valence-electron chi connectivity index (χ3n) is 6.95. The summed E-state index contributed by atoms with van der Waals surface area (Å²) >= 11 is 6.36. The van der Waals surface area contributed by atoms with E-state index in [0.717, 1.165) is 18.5 Å². The largest absolute Gasteiger partial charge is 0.495 e. The van der Waals surface area contributed by atoms with Crippen molar-refractivity contribution >= 4 is 46.6 Å². The molecular weight excluding hydrogens is 472 g/mol. The highest BCUT2D eigenvalue weighted by atomic mass is 35.5. The maximum atomic E-state index is 12.3. The number of methoxy groups -OCH3 is 1. The van der Waals surface area contributed by atoms with Crippen molar-refractivity contribution in [3.05, 3.63) is 41.1 Å². The molecule has 2 aliphatic carbocycles. The smallest absolute Gasteiger partial charge is 0.309 e. The van der Waals surface area contributed by atoms with Crippen LogP contribution in [0.4, 0.5) is 23.1 Å². The second kappa shape index (κ2) is 9.35. The standard InChI is InChI=1S/C24H27ClN6O4/c1-3-31-10-14-7-18(35-2)17(8-16(14)27-19(32)11-31)28-24-26-9-15(25)22(30-24)29-21-13-5-4-12(6-13)20(21)23(33)34/h4-5,7-9,12-13,20-21H,3,6,10-11H2,1-2H3,(H,27,32)(H,33,34)(H2,26,28,29,30). The number of likely N-dealkylation sites (N-methyl/N-ethyl adjacent to an activating group) is 1. The van der Waals surface area contributed by atoms with Gasteiger partial charge in [0.05, 0.1) is 31.5 Å². The average molecular weight is 499 g/mol. The predicted octanol–water partition coefficient (Wildman–Crippen LogP) is 3.34. The molecule has 1 aromatic carbocycles. The summed E-state index contributed by atoms with van der Waals surface area (Å²) in [4.78, 5) is 35.0. The van der Waals surface area contributed by atoms with Crippen LogP contribution in [0.25, 0.3) is 0 Å². The summed E-state index contributed by atoms with van der Waals surface area (Å²) in [6, 6.07) is 3.39. The number of ether oxygens (including phenoxy) is 1. The van der Waals surface area contributed by atoms with E-state index in [0.29, 0.717) is 41.1 Å². The van der Waals surface area contributed by atoms with Crippen molar-refractivity contribution in [2.75, 3.05) is 36.1 Å². The van der Waals surface area contributed by atoms with Gasteiger partial charge in [-0.25, -0.2) is 4.98 Å². The van der Waals surface area contributed by atoms with Crippen molar-refractivity contribution in [1.29, 1.82) is 0 Å². The summed E-state index contributed by atoms with van der Waals surface area (Å²) in [6.45, 7) is 3.71. The van der Waals surface area contributed by atoms with Crippen LogP contribution in [0, 0.1) is 17.8 Å². The number of nitrogens with one attached hydrogen (secondary N) is 3. The highest BCUT2D eigenvalue weighted by molar-refractivity contribution is 6.32. The van der Waals surface area contributed by atoms with Gasteiger partial charge in [0.25, 0.3) is 0 Å². The van der Waals surface area contributed by atoms with Crippen LogP contribution in [-0.2, 0) is 16.1 Å². The van der Waals surface area contributed by atoms with Crippen molar-refractivity contribution in [3.8, 4) is 5.75 Å². The van der Waals surface area contributed by atoms with E-state index in [1.807, 2.05) is 24.0 Å². The minimum absolute atomic E-state index is 0.0101. The van der Waals surface area contributed by atoms with Crippen LogP contribution >= 0.6 is 11.6 Å². The molecule has 0 saturated heterocycles. The number of aromatic nitrogens is 2. The van der Waals surface area contributed by atoms with E-state index in [9.17, 15) is 14.7 Å². The molecule has 2 bridgehead atoms. The van der Waals surface area contributed by atoms with E-state index in [-0.39, 0.29) is 29.7 Å². The van der Waals surface area contributed by atoms with Crippen molar-refractivity contribution in [3.63, 3.8) is 0 Å². The number of carbonyl (C=O) groups is 2. The van der Waals surface area contributed by atoms with E-state index in [4.69, 9.17) is 16.3 Å². The van der Waals surface area contributed by atoms with Crippen LogP contribution in [-0.4, -0.2) is 58.1 Å². The number of carboxylic acids is 1. The zero-order valence-corrected chi connectivity index (χ0v) is 20.2. The Morgan fingerprint density at radius 2 is 2.11 bits per heavy atom. The molecule has 184 valence electrons. The molecule has 2 heterocycles. The lowest BCUT2D eigenvalue weighted by Gasteiger charge is -2.26. The molecule has 5 rings (SSSR count). The van der Waals surface area contributed by atoms with E-state index < -0.39 is 11.9 Å². The summed E-state index contributed by atoms with van der Waals surface area (Å²) in [5.41, 5.74) is 2.22. The fourth-order valence-electron chi connectivity index (χ4n) is 5.21. The molecule has 1 saturated carbocycles. The first kappa shape index (κ1) is 23.4. The van der Waals surface area contributed by atoms with Crippen molar-refractivity contribution in [1.82, 2.24) is 14.9 Å². The topological polar surface area (TPSA) is 129 Å². The Bertz CT molecular complexity index is 1200. The van der Waals surface area contributed by atoms with Gasteiger partial charge in [0, 0.05) is 18.3 Å². The fourth-order valence-corrected chi connectivity index (χ4v) is 5.36. The number of anilines is 4. The lowest BCUT2D eigenvalue weighted by Crippen LogP contribution is -2.38. The number of allylic oxidation sites excluding steroid dienone is 1. The summed E-state index contributed by atoms with van der Waals surface area (Å²) in [6.07, 6.45) is 6.31. The van der Waals surface area contributed by atoms with E-state index in [1.54, 1.807) is 13.2 Å². The van der Waals surface area contributed by atoms with Gasteiger partial charge in [-0.05, 0) is 42.5 Å². The van der Waals surface area contributed by atoms with Crippen LogP contribution < -0.4 is 20.7 Å². The average Bonchev–Trinajstić information content (AvgIpc) is 3.39. The van der Waals surface area contributed by atoms with Crippen LogP contribution in [0.1, 0.15) is 18.9 Å². The monoisotopic (exact) mass is 498 g/mol. The Morgan fingerprint density at radius 1 is 1.31 bits per heavy atom. The molecule has 10 nitrogen and oxygen atoms in total. The molecule has 1 fully saturated rings. The number of nitrogens with zero attached hydrogens (tertiary/aromatic N) is 3. The van der Waals surface area contributed by atoms with Crippen LogP contribution in [0.15, 0.2) is 30.5 Å². The molecule has 3 aliphatic rings. The minimum atomic E-state index is -0.832. The Balaban J connectivity index is 1.41. The lowest BCUT2D eigenvalue weighted by molar-refractivity contribution is -0.142. The van der Waals surface area contributed by atoms with E-state index >= 15 is 0 Å². The van der Waals surface area contributed by atoms with Crippen LogP contribution in [0.2, 0.25) is 5.02 Å². The normalized spacial score (nSPS) is 25.1. The van der Waals surface area contributed by atoms with Crippen molar-refractivity contribution < 1.29 is 19.4 Å². The highest BCUT2D eigenvalue weighted by Gasteiger charge is 2.48. The van der Waals surface area contributed by atoms with Crippen molar-refractivity contribution in [2.24, 2.45) is 17.8 Å². The maximum absolute atomic E-state index is 12.3. The number of halogens is 1. The first-order chi connectivity index (χ1) is 16.9. The molecule has 4 unspecified atom stereocenters. The van der Waals surface area contributed by atoms with Gasteiger partial charge in [-0.2, -0.15) is 4.98 Å². The molecule has 0 spiro atoms. The fraction of sp³-hybridized carbons (Fsp3) is 0.417. The van der Waals surface area contributed by atoms with Crippen LogP contribution in [0.3, 0.4) is 0 Å². The SMILES string of the molecule is CCN1CC(=O)Nc2cc(Nc3ncc(Cl)c(NC4C5C=CC(C5)C4C(=O)O)n3)c(OC)cc2C1. The van der Waals surface area contributed by atoms with Gasteiger partial charge in [-0.15, -0.1) is 0 Å². The number of fused-ring (bicyclic) bond motifs is 3. The van der Waals surface area contributed by atoms with E-state index in [2.05, 4.69) is 32.0 Å². The number of carbonyl (C=O) groups excluding carboxylic acids is 1. The maximum Gasteiger partial charge on any atom is 0.309 e. The number of amides is 1. The number of hydrogen-bond acceptors (Lipinski definition) is 8. The first-order valence-corrected chi connectivity index (χ1v) is 11.9. The second-order valence-electron chi connectivity index (χ2n) is 9.06. The first-order valence-electron chi connectivity index (χ1n) is 11.6. The number of carboxylic acid groups (broad SMARTS) is 1. The molecule has 4 N–H and O–H groups in total. The molecule has 35 heavy (non-hydrogen) atoms. The Labute approximate surface area is 207 Å². The number of hydrogen-bond donors (Lipinski definition) is 4. The molecular formula is C24H27ClN6O4. The molecule has 0 radical (unpaired) electrons. The summed E-state index contributed by atoms with van der Waals surface area (Å²) < 4.78 is 5.59. The predicted molar refractivity (Wildman–Crippen MR) is 132 cm³/mol. The van der Waals surface area contributed by atoms with Gasteiger partial charge in [-0.1, -0.05) is 30.7 Å². The Kier molecular flexibility index (Phi) is 6.24. The number of aliphatic carboxylic acids is 1. The lowest BCUT2D eigenvalue weighted by atomic mass is 9.89. The Hall–Kier alpha value is -3.37. The summed E-state index contributed by atoms with van der Waals surface area (Å²) in [5, 5.41) is 19.4. The number of rotatable bonds is 7. The highest BCUT2D eigenvalue weighted by Crippen LogP contribution is 2.45. The van der Waals surface area contributed by atoms with Gasteiger partial charge in [-0.3, -0.25) is 14.5 Å². The van der Waals surface area contributed by atoms with Gasteiger partial charge in [0.15, 0.2) is 5.82 Å². The molecule has 1 amide bonds. The Morgan fingerprint density at radius 3 is 2.86 bits per heavy atom. The van der Waals surface area contributed by atoms with Gasteiger partial charge in [0.2, 0.25) is 11.9 Å². The zero-order chi connectivity index (χ0) is 24.7. The van der Waals surface area contributed by atoms with Gasteiger partial charge >= 0.3 is 5.97 Å². The second-order valence-corrected chi connectivity index (χ2v) is 9.47. The van der Waals surface area contributed by atoms with Crippen LogP contribution in [0.5, 0.6) is 5.75 Å². The number of benzene rings is 1. The minimum Gasteiger partial charge on any atom is -0.495 e. The summed E-state index contributed by atoms with van der Waals surface area (Å²) in [5.74, 6) is -0.130. The third kappa shape index (κ3) is 4.51. The molecule has 1 aromatic heterocycles. The molecule has 11 heteroatoms. The summed E-state index contributed by atoms with van der Waals surface area (Å²) in [7, 11) is 1.57. The molecule has 1 aliphatic heterocycles.